The molecule has 1 fully saturated rings. The number of amides is 2. The SMILES string of the molecule is Cc1cccc(C(=O)N(CC(=O)N2CCNCC2)Cc2cc(F)cc(F)c2)c1. The molecule has 0 aliphatic carbocycles. The van der Waals surface area contributed by atoms with Gasteiger partial charge >= 0.3 is 0 Å². The zero-order valence-corrected chi connectivity index (χ0v) is 15.8. The van der Waals surface area contributed by atoms with Crippen LogP contribution < -0.4 is 5.32 Å². The van der Waals surface area contributed by atoms with Crippen molar-refractivity contribution in [3.8, 4) is 0 Å². The van der Waals surface area contributed by atoms with Crippen LogP contribution in [-0.2, 0) is 11.3 Å². The number of carbonyl (C=O) groups is 2. The Balaban J connectivity index is 1.84. The Morgan fingerprint density at radius 1 is 1.07 bits per heavy atom. The monoisotopic (exact) mass is 387 g/mol. The van der Waals surface area contributed by atoms with Gasteiger partial charge in [0.15, 0.2) is 0 Å². The fourth-order valence-electron chi connectivity index (χ4n) is 3.26. The molecule has 2 aromatic carbocycles. The Labute approximate surface area is 162 Å². The van der Waals surface area contributed by atoms with Crippen molar-refractivity contribution in [2.24, 2.45) is 0 Å². The number of nitrogens with one attached hydrogen (secondary N) is 1. The highest BCUT2D eigenvalue weighted by molar-refractivity contribution is 5.96. The van der Waals surface area contributed by atoms with Gasteiger partial charge in [-0.3, -0.25) is 9.59 Å². The first-order chi connectivity index (χ1) is 13.4. The van der Waals surface area contributed by atoms with Gasteiger partial charge in [-0.05, 0) is 36.8 Å². The van der Waals surface area contributed by atoms with Gasteiger partial charge in [-0.25, -0.2) is 8.78 Å². The van der Waals surface area contributed by atoms with Crippen molar-refractivity contribution in [3.63, 3.8) is 0 Å². The van der Waals surface area contributed by atoms with Gasteiger partial charge in [0.2, 0.25) is 5.91 Å². The number of benzene rings is 2. The van der Waals surface area contributed by atoms with Crippen molar-refractivity contribution in [3.05, 3.63) is 70.8 Å². The molecule has 0 bridgehead atoms. The summed E-state index contributed by atoms with van der Waals surface area (Å²) in [4.78, 5) is 28.8. The van der Waals surface area contributed by atoms with E-state index in [1.807, 2.05) is 13.0 Å². The second-order valence-electron chi connectivity index (χ2n) is 6.94. The van der Waals surface area contributed by atoms with Crippen LogP contribution in [0.15, 0.2) is 42.5 Å². The maximum atomic E-state index is 13.6. The summed E-state index contributed by atoms with van der Waals surface area (Å²) in [6, 6.07) is 10.2. The molecule has 1 heterocycles. The summed E-state index contributed by atoms with van der Waals surface area (Å²) in [6.45, 7) is 4.21. The van der Waals surface area contributed by atoms with Crippen LogP contribution in [0.25, 0.3) is 0 Å². The van der Waals surface area contributed by atoms with Gasteiger partial charge in [-0.15, -0.1) is 0 Å². The lowest BCUT2D eigenvalue weighted by atomic mass is 10.1. The highest BCUT2D eigenvalue weighted by atomic mass is 19.1. The first kappa shape index (κ1) is 19.9. The van der Waals surface area contributed by atoms with Crippen molar-refractivity contribution >= 4 is 11.8 Å². The van der Waals surface area contributed by atoms with E-state index in [1.165, 1.54) is 17.0 Å². The number of hydrogen-bond donors (Lipinski definition) is 1. The summed E-state index contributed by atoms with van der Waals surface area (Å²) >= 11 is 0. The van der Waals surface area contributed by atoms with E-state index in [1.54, 1.807) is 23.1 Å². The Kier molecular flexibility index (Phi) is 6.36. The van der Waals surface area contributed by atoms with Gasteiger partial charge in [0.05, 0.1) is 0 Å². The van der Waals surface area contributed by atoms with E-state index in [9.17, 15) is 18.4 Å². The topological polar surface area (TPSA) is 52.7 Å². The van der Waals surface area contributed by atoms with E-state index in [2.05, 4.69) is 5.32 Å². The number of halogens is 2. The van der Waals surface area contributed by atoms with E-state index < -0.39 is 11.6 Å². The van der Waals surface area contributed by atoms with Crippen molar-refractivity contribution in [1.29, 1.82) is 0 Å². The molecule has 2 aromatic rings. The molecule has 0 saturated carbocycles. The highest BCUT2D eigenvalue weighted by Gasteiger charge is 2.24. The van der Waals surface area contributed by atoms with E-state index in [4.69, 9.17) is 0 Å². The van der Waals surface area contributed by atoms with E-state index in [-0.39, 0.29) is 24.9 Å². The number of piperazine rings is 1. The molecule has 5 nitrogen and oxygen atoms in total. The van der Waals surface area contributed by atoms with Crippen LogP contribution in [0.5, 0.6) is 0 Å². The molecule has 2 amide bonds. The van der Waals surface area contributed by atoms with Crippen molar-refractivity contribution in [2.75, 3.05) is 32.7 Å². The summed E-state index contributed by atoms with van der Waals surface area (Å²) in [5, 5.41) is 3.17. The van der Waals surface area contributed by atoms with Crippen LogP contribution in [0, 0.1) is 18.6 Å². The smallest absolute Gasteiger partial charge is 0.254 e. The summed E-state index contributed by atoms with van der Waals surface area (Å²) in [5.74, 6) is -1.96. The third-order valence-corrected chi connectivity index (χ3v) is 4.64. The molecule has 0 atom stereocenters. The average molecular weight is 387 g/mol. The van der Waals surface area contributed by atoms with Crippen molar-refractivity contribution in [2.45, 2.75) is 13.5 Å². The maximum absolute atomic E-state index is 13.6. The minimum Gasteiger partial charge on any atom is -0.339 e. The lowest BCUT2D eigenvalue weighted by Crippen LogP contribution is -2.50. The average Bonchev–Trinajstić information content (AvgIpc) is 2.66. The Morgan fingerprint density at radius 2 is 1.75 bits per heavy atom. The van der Waals surface area contributed by atoms with Gasteiger partial charge < -0.3 is 15.1 Å². The van der Waals surface area contributed by atoms with Gasteiger partial charge in [0.1, 0.15) is 18.2 Å². The molecule has 0 spiro atoms. The van der Waals surface area contributed by atoms with Crippen molar-refractivity contribution in [1.82, 2.24) is 15.1 Å². The minimum absolute atomic E-state index is 0.0563. The van der Waals surface area contributed by atoms with Crippen molar-refractivity contribution < 1.29 is 18.4 Å². The van der Waals surface area contributed by atoms with Gasteiger partial charge in [0, 0.05) is 44.4 Å². The molecule has 1 aliphatic heterocycles. The number of carbonyl (C=O) groups excluding carboxylic acids is 2. The van der Waals surface area contributed by atoms with Crippen LogP contribution >= 0.6 is 0 Å². The Bertz CT molecular complexity index is 846. The summed E-state index contributed by atoms with van der Waals surface area (Å²) < 4.78 is 27.2. The lowest BCUT2D eigenvalue weighted by Gasteiger charge is -2.30. The maximum Gasteiger partial charge on any atom is 0.254 e. The predicted octanol–water partition coefficient (Wildman–Crippen LogP) is 2.35. The zero-order valence-electron chi connectivity index (χ0n) is 15.8. The van der Waals surface area contributed by atoms with Crippen LogP contribution in [0.4, 0.5) is 8.78 Å². The Hall–Kier alpha value is -2.80. The van der Waals surface area contributed by atoms with E-state index in [0.717, 1.165) is 11.6 Å². The lowest BCUT2D eigenvalue weighted by molar-refractivity contribution is -0.132. The summed E-state index contributed by atoms with van der Waals surface area (Å²) in [7, 11) is 0. The summed E-state index contributed by atoms with van der Waals surface area (Å²) in [6.07, 6.45) is 0. The molecule has 1 N–H and O–H groups in total. The number of hydrogen-bond acceptors (Lipinski definition) is 3. The molecule has 148 valence electrons. The molecule has 0 radical (unpaired) electrons. The van der Waals surface area contributed by atoms with Gasteiger partial charge in [-0.2, -0.15) is 0 Å². The Morgan fingerprint density at radius 3 is 2.39 bits per heavy atom. The molecule has 0 aromatic heterocycles. The molecule has 1 aliphatic rings. The predicted molar refractivity (Wildman–Crippen MR) is 102 cm³/mol. The molecular weight excluding hydrogens is 364 g/mol. The number of aryl methyl sites for hydroxylation is 1. The molecule has 3 rings (SSSR count). The number of rotatable bonds is 5. The van der Waals surface area contributed by atoms with Crippen LogP contribution in [-0.4, -0.2) is 54.3 Å². The van der Waals surface area contributed by atoms with Gasteiger partial charge in [-0.1, -0.05) is 17.7 Å². The quantitative estimate of drug-likeness (QED) is 0.857. The van der Waals surface area contributed by atoms with Crippen LogP contribution in [0.2, 0.25) is 0 Å². The van der Waals surface area contributed by atoms with E-state index >= 15 is 0 Å². The molecule has 28 heavy (non-hydrogen) atoms. The first-order valence-electron chi connectivity index (χ1n) is 9.22. The van der Waals surface area contributed by atoms with E-state index in [0.29, 0.717) is 37.3 Å². The normalized spacial score (nSPS) is 14.0. The molecule has 0 unspecified atom stereocenters. The standard InChI is InChI=1S/C21H23F2N3O2/c1-15-3-2-4-17(9-15)21(28)26(13-16-10-18(22)12-19(23)11-16)14-20(27)25-7-5-24-6-8-25/h2-4,9-12,24H,5-8,13-14H2,1H3. The summed E-state index contributed by atoms with van der Waals surface area (Å²) in [5.41, 5.74) is 1.65. The molecular formula is C21H23F2N3O2. The second-order valence-corrected chi connectivity index (χ2v) is 6.94. The third-order valence-electron chi connectivity index (χ3n) is 4.64. The fraction of sp³-hybridized carbons (Fsp3) is 0.333. The van der Waals surface area contributed by atoms with Crippen LogP contribution in [0.3, 0.4) is 0 Å². The van der Waals surface area contributed by atoms with Gasteiger partial charge in [0.25, 0.3) is 5.91 Å². The first-order valence-corrected chi connectivity index (χ1v) is 9.22. The third kappa shape index (κ3) is 5.13. The highest BCUT2D eigenvalue weighted by Crippen LogP contribution is 2.15. The second kappa shape index (κ2) is 8.93. The zero-order chi connectivity index (χ0) is 20.1. The molecule has 1 saturated heterocycles. The number of nitrogens with zero attached hydrogens (tertiary/aromatic N) is 2. The van der Waals surface area contributed by atoms with Crippen LogP contribution in [0.1, 0.15) is 21.5 Å². The molecule has 7 heteroatoms. The largest absolute Gasteiger partial charge is 0.339 e. The fourth-order valence-corrected chi connectivity index (χ4v) is 3.26. The minimum atomic E-state index is -0.716.